The molecule has 2 atom stereocenters. The van der Waals surface area contributed by atoms with Gasteiger partial charge in [-0.05, 0) is 53.5 Å². The molecule has 0 aromatic rings. The van der Waals surface area contributed by atoms with Gasteiger partial charge in [0, 0.05) is 25.7 Å². The summed E-state index contributed by atoms with van der Waals surface area (Å²) in [6.45, 7) is 12.2. The third-order valence-corrected chi connectivity index (χ3v) is 4.53. The maximum Gasteiger partial charge on any atom is 0.0760 e. The van der Waals surface area contributed by atoms with Crippen LogP contribution in [-0.2, 0) is 4.74 Å². The van der Waals surface area contributed by atoms with Crippen LogP contribution in [0.5, 0.6) is 0 Å². The number of morpholine rings is 1. The predicted octanol–water partition coefficient (Wildman–Crippen LogP) is 2.65. The van der Waals surface area contributed by atoms with Gasteiger partial charge in [0.25, 0.3) is 0 Å². The van der Waals surface area contributed by atoms with Crippen LogP contribution in [0.25, 0.3) is 0 Å². The van der Waals surface area contributed by atoms with Crippen molar-refractivity contribution in [3.05, 3.63) is 0 Å². The van der Waals surface area contributed by atoms with Crippen LogP contribution in [0.2, 0.25) is 0 Å². The number of nitrogens with one attached hydrogen (secondary N) is 1. The monoisotopic (exact) mass is 268 g/mol. The van der Waals surface area contributed by atoms with Crippen molar-refractivity contribution in [2.24, 2.45) is 5.92 Å². The zero-order chi connectivity index (χ0) is 14.1. The Bertz CT molecular complexity index is 285. The van der Waals surface area contributed by atoms with Crippen molar-refractivity contribution in [1.29, 1.82) is 0 Å². The van der Waals surface area contributed by atoms with Crippen molar-refractivity contribution in [3.63, 3.8) is 0 Å². The molecule has 0 aromatic heterocycles. The van der Waals surface area contributed by atoms with E-state index in [0.29, 0.717) is 6.04 Å². The van der Waals surface area contributed by atoms with Crippen LogP contribution in [0, 0.1) is 5.92 Å². The van der Waals surface area contributed by atoms with Crippen LogP contribution in [0.1, 0.15) is 53.4 Å². The number of ether oxygens (including phenoxy) is 1. The van der Waals surface area contributed by atoms with Crippen LogP contribution in [-0.4, -0.2) is 48.8 Å². The maximum atomic E-state index is 6.18. The Hall–Kier alpha value is -0.120. The molecule has 1 heterocycles. The fourth-order valence-electron chi connectivity index (χ4n) is 4.21. The molecule has 2 fully saturated rings. The molecule has 3 nitrogen and oxygen atoms in total. The van der Waals surface area contributed by atoms with E-state index in [4.69, 9.17) is 4.74 Å². The third-order valence-electron chi connectivity index (χ3n) is 4.53. The van der Waals surface area contributed by atoms with Gasteiger partial charge < -0.3 is 10.1 Å². The highest BCUT2D eigenvalue weighted by molar-refractivity contribution is 4.91. The Morgan fingerprint density at radius 3 is 2.21 bits per heavy atom. The van der Waals surface area contributed by atoms with E-state index in [0.717, 1.165) is 19.0 Å². The van der Waals surface area contributed by atoms with Crippen molar-refractivity contribution in [1.82, 2.24) is 10.2 Å². The Morgan fingerprint density at radius 2 is 1.63 bits per heavy atom. The smallest absolute Gasteiger partial charge is 0.0760 e. The summed E-state index contributed by atoms with van der Waals surface area (Å²) in [4.78, 5) is 2.63. The molecule has 0 amide bonds. The van der Waals surface area contributed by atoms with Crippen LogP contribution < -0.4 is 5.32 Å². The molecular formula is C16H32N2O. The highest BCUT2D eigenvalue weighted by Crippen LogP contribution is 2.31. The lowest BCUT2D eigenvalue weighted by Gasteiger charge is -2.48. The Labute approximate surface area is 119 Å². The maximum absolute atomic E-state index is 6.18. The van der Waals surface area contributed by atoms with Gasteiger partial charge in [0.15, 0.2) is 0 Å². The van der Waals surface area contributed by atoms with E-state index in [1.54, 1.807) is 0 Å². The summed E-state index contributed by atoms with van der Waals surface area (Å²) in [5.74, 6) is 0.809. The minimum atomic E-state index is -0.0223. The summed E-state index contributed by atoms with van der Waals surface area (Å²) in [5, 5.41) is 3.53. The van der Waals surface area contributed by atoms with E-state index in [2.05, 4.69) is 45.0 Å². The molecule has 0 spiro atoms. The van der Waals surface area contributed by atoms with Crippen LogP contribution >= 0.6 is 0 Å². The molecule has 2 aliphatic rings. The second kappa shape index (κ2) is 5.71. The zero-order valence-corrected chi connectivity index (χ0v) is 13.5. The van der Waals surface area contributed by atoms with Crippen molar-refractivity contribution in [2.45, 2.75) is 70.6 Å². The molecule has 0 bridgehead atoms. The molecule has 1 aliphatic carbocycles. The van der Waals surface area contributed by atoms with Crippen molar-refractivity contribution < 1.29 is 4.74 Å². The quantitative estimate of drug-likeness (QED) is 0.851. The van der Waals surface area contributed by atoms with Gasteiger partial charge in [-0.25, -0.2) is 0 Å². The van der Waals surface area contributed by atoms with Gasteiger partial charge in [0.1, 0.15) is 0 Å². The average Bonchev–Trinajstić information content (AvgIpc) is 2.25. The molecular weight excluding hydrogens is 236 g/mol. The lowest BCUT2D eigenvalue weighted by Crippen LogP contribution is -2.58. The first-order chi connectivity index (χ1) is 8.81. The van der Waals surface area contributed by atoms with E-state index in [1.807, 2.05) is 0 Å². The number of hydrogen-bond acceptors (Lipinski definition) is 3. The topological polar surface area (TPSA) is 24.5 Å². The first-order valence-electron chi connectivity index (χ1n) is 7.91. The van der Waals surface area contributed by atoms with Crippen molar-refractivity contribution >= 4 is 0 Å². The molecule has 19 heavy (non-hydrogen) atoms. The molecule has 2 unspecified atom stereocenters. The van der Waals surface area contributed by atoms with E-state index < -0.39 is 0 Å². The summed E-state index contributed by atoms with van der Waals surface area (Å²) in [5.41, 5.74) is -0.0445. The summed E-state index contributed by atoms with van der Waals surface area (Å²) in [6.07, 6.45) is 5.52. The highest BCUT2D eigenvalue weighted by Gasteiger charge is 2.39. The Balaban J connectivity index is 1.97. The fourth-order valence-corrected chi connectivity index (χ4v) is 4.21. The molecule has 3 heteroatoms. The van der Waals surface area contributed by atoms with Crippen molar-refractivity contribution in [3.8, 4) is 0 Å². The Morgan fingerprint density at radius 1 is 1.05 bits per heavy atom. The lowest BCUT2D eigenvalue weighted by molar-refractivity contribution is -0.182. The van der Waals surface area contributed by atoms with E-state index in [-0.39, 0.29) is 11.2 Å². The van der Waals surface area contributed by atoms with E-state index >= 15 is 0 Å². The van der Waals surface area contributed by atoms with Gasteiger partial charge in [0.05, 0.1) is 11.2 Å². The summed E-state index contributed by atoms with van der Waals surface area (Å²) < 4.78 is 6.18. The molecule has 0 radical (unpaired) electrons. The standard InChI is InChI=1S/C16H32N2O/c1-15(2)11-18(12-16(3,4)19-15)10-13-8-6-7-9-14(13)17-5/h13-14,17H,6-12H2,1-5H3. The summed E-state index contributed by atoms with van der Waals surface area (Å²) in [6, 6.07) is 0.711. The van der Waals surface area contributed by atoms with Gasteiger partial charge >= 0.3 is 0 Å². The number of rotatable bonds is 3. The first kappa shape index (κ1) is 15.3. The van der Waals surface area contributed by atoms with Crippen molar-refractivity contribution in [2.75, 3.05) is 26.7 Å². The summed E-state index contributed by atoms with van der Waals surface area (Å²) in [7, 11) is 2.12. The normalized spacial score (nSPS) is 35.2. The molecule has 1 saturated carbocycles. The molecule has 1 N–H and O–H groups in total. The average molecular weight is 268 g/mol. The highest BCUT2D eigenvalue weighted by atomic mass is 16.5. The predicted molar refractivity (Wildman–Crippen MR) is 80.5 cm³/mol. The van der Waals surface area contributed by atoms with Crippen LogP contribution in [0.3, 0.4) is 0 Å². The minimum Gasteiger partial charge on any atom is -0.367 e. The van der Waals surface area contributed by atoms with Gasteiger partial charge in [-0.1, -0.05) is 12.8 Å². The second-order valence-electron chi connectivity index (χ2n) is 7.73. The van der Waals surface area contributed by atoms with Gasteiger partial charge in [-0.2, -0.15) is 0 Å². The molecule has 2 rings (SSSR count). The lowest BCUT2D eigenvalue weighted by atomic mass is 9.83. The molecule has 112 valence electrons. The van der Waals surface area contributed by atoms with Gasteiger partial charge in [-0.15, -0.1) is 0 Å². The molecule has 1 aliphatic heterocycles. The largest absolute Gasteiger partial charge is 0.367 e. The second-order valence-corrected chi connectivity index (χ2v) is 7.73. The van der Waals surface area contributed by atoms with Gasteiger partial charge in [0.2, 0.25) is 0 Å². The molecule has 0 aromatic carbocycles. The Kier molecular flexibility index (Phi) is 4.59. The fraction of sp³-hybridized carbons (Fsp3) is 1.00. The molecule has 1 saturated heterocycles. The number of hydrogen-bond donors (Lipinski definition) is 1. The minimum absolute atomic E-state index is 0.0223. The van der Waals surface area contributed by atoms with Crippen LogP contribution in [0.15, 0.2) is 0 Å². The third kappa shape index (κ3) is 4.17. The van der Waals surface area contributed by atoms with E-state index in [1.165, 1.54) is 32.2 Å². The van der Waals surface area contributed by atoms with E-state index in [9.17, 15) is 0 Å². The SMILES string of the molecule is CNC1CCCCC1CN1CC(C)(C)OC(C)(C)C1. The van der Waals surface area contributed by atoms with Gasteiger partial charge in [-0.3, -0.25) is 4.90 Å². The van der Waals surface area contributed by atoms with Crippen LogP contribution in [0.4, 0.5) is 0 Å². The summed E-state index contributed by atoms with van der Waals surface area (Å²) >= 11 is 0. The number of nitrogens with zero attached hydrogens (tertiary/aromatic N) is 1. The first-order valence-corrected chi connectivity index (χ1v) is 7.91. The zero-order valence-electron chi connectivity index (χ0n) is 13.5.